The maximum atomic E-state index is 9.00. The van der Waals surface area contributed by atoms with Crippen molar-refractivity contribution in [2.75, 3.05) is 12.3 Å². The number of aromatic amines is 1. The number of H-pyrrole nitrogens is 1. The van der Waals surface area contributed by atoms with Crippen LogP contribution < -0.4 is 5.73 Å². The molecule has 0 aromatic carbocycles. The summed E-state index contributed by atoms with van der Waals surface area (Å²) in [6.45, 7) is 4.37. The van der Waals surface area contributed by atoms with Crippen molar-refractivity contribution in [1.82, 2.24) is 29.7 Å². The van der Waals surface area contributed by atoms with Gasteiger partial charge in [0.05, 0.1) is 11.9 Å². The van der Waals surface area contributed by atoms with E-state index in [0.717, 1.165) is 58.4 Å². The maximum Gasteiger partial charge on any atom is 0.220 e. The van der Waals surface area contributed by atoms with E-state index in [1.54, 1.807) is 0 Å². The minimum absolute atomic E-state index is 0.178. The number of aromatic nitrogens is 6. The molecule has 0 aliphatic heterocycles. The van der Waals surface area contributed by atoms with Gasteiger partial charge in [-0.2, -0.15) is 5.10 Å². The zero-order chi connectivity index (χ0) is 20.4. The van der Waals surface area contributed by atoms with Crippen molar-refractivity contribution in [3.05, 3.63) is 42.6 Å². The molecule has 0 bridgehead atoms. The molecule has 8 nitrogen and oxygen atoms in total. The van der Waals surface area contributed by atoms with Crippen molar-refractivity contribution >= 4 is 17.0 Å². The second-order valence-corrected chi connectivity index (χ2v) is 7.41. The number of aryl methyl sites for hydroxylation is 1. The Kier molecular flexibility index (Phi) is 5.26. The Morgan fingerprint density at radius 3 is 2.76 bits per heavy atom. The van der Waals surface area contributed by atoms with Crippen LogP contribution in [0.2, 0.25) is 0 Å². The number of pyridine rings is 1. The van der Waals surface area contributed by atoms with Gasteiger partial charge in [-0.05, 0) is 45.2 Å². The molecule has 0 fully saturated rings. The lowest BCUT2D eigenvalue weighted by atomic mass is 10.1. The Labute approximate surface area is 168 Å². The summed E-state index contributed by atoms with van der Waals surface area (Å²) in [5.41, 5.74) is 11.3. The summed E-state index contributed by atoms with van der Waals surface area (Å²) in [7, 11) is 0. The third-order valence-electron chi connectivity index (χ3n) is 4.91. The molecular formula is C21H25N7O. The van der Waals surface area contributed by atoms with E-state index in [-0.39, 0.29) is 12.6 Å². The highest BCUT2D eigenvalue weighted by atomic mass is 16.2. The van der Waals surface area contributed by atoms with Crippen molar-refractivity contribution in [2.45, 2.75) is 39.2 Å². The standard InChI is InChI=1S/C21H25N7O/c1-13(2)28-12-15(10-25-28)14-7-17-18(11-24-20(17)23-9-14)19-8-16(5-3-4-6-29)26-21(22)27-19/h7-13,29H,3-6H2,1-2H3,(H,23,24)(H2,22,26,27). The smallest absolute Gasteiger partial charge is 0.220 e. The van der Waals surface area contributed by atoms with Gasteiger partial charge in [0, 0.05) is 59.0 Å². The quantitative estimate of drug-likeness (QED) is 0.416. The Morgan fingerprint density at radius 1 is 1.14 bits per heavy atom. The second-order valence-electron chi connectivity index (χ2n) is 7.41. The van der Waals surface area contributed by atoms with Gasteiger partial charge in [-0.25, -0.2) is 15.0 Å². The highest BCUT2D eigenvalue weighted by Gasteiger charge is 2.13. The van der Waals surface area contributed by atoms with Crippen molar-refractivity contribution in [2.24, 2.45) is 0 Å². The average Bonchev–Trinajstić information content (AvgIpc) is 3.35. The number of unbranched alkanes of at least 4 members (excludes halogenated alkanes) is 1. The van der Waals surface area contributed by atoms with E-state index >= 15 is 0 Å². The van der Waals surface area contributed by atoms with Crippen LogP contribution >= 0.6 is 0 Å². The first-order valence-electron chi connectivity index (χ1n) is 9.81. The lowest BCUT2D eigenvalue weighted by Crippen LogP contribution is -2.01. The van der Waals surface area contributed by atoms with Crippen LogP contribution in [-0.2, 0) is 6.42 Å². The summed E-state index contributed by atoms with van der Waals surface area (Å²) >= 11 is 0. The molecule has 0 saturated carbocycles. The zero-order valence-electron chi connectivity index (χ0n) is 16.6. The van der Waals surface area contributed by atoms with E-state index < -0.39 is 0 Å². The summed E-state index contributed by atoms with van der Waals surface area (Å²) in [6.07, 6.45) is 9.98. The maximum absolute atomic E-state index is 9.00. The van der Waals surface area contributed by atoms with Crippen LogP contribution in [0, 0.1) is 0 Å². The number of hydrogen-bond acceptors (Lipinski definition) is 6. The topological polar surface area (TPSA) is 119 Å². The zero-order valence-corrected chi connectivity index (χ0v) is 16.6. The van der Waals surface area contributed by atoms with Gasteiger partial charge in [0.15, 0.2) is 0 Å². The van der Waals surface area contributed by atoms with Crippen molar-refractivity contribution in [3.8, 4) is 22.4 Å². The number of nitrogen functional groups attached to an aromatic ring is 1. The fourth-order valence-corrected chi connectivity index (χ4v) is 3.34. The van der Waals surface area contributed by atoms with Crippen LogP contribution in [0.3, 0.4) is 0 Å². The van der Waals surface area contributed by atoms with Crippen molar-refractivity contribution in [3.63, 3.8) is 0 Å². The summed E-state index contributed by atoms with van der Waals surface area (Å²) in [5.74, 6) is 0.248. The first kappa shape index (κ1) is 19.1. The van der Waals surface area contributed by atoms with E-state index in [9.17, 15) is 0 Å². The number of aliphatic hydroxyl groups is 1. The SMILES string of the molecule is CC(C)n1cc(-c2cnc3[nH]cc(-c4cc(CCCCO)nc(N)n4)c3c2)cn1. The largest absolute Gasteiger partial charge is 0.396 e. The summed E-state index contributed by atoms with van der Waals surface area (Å²) in [5, 5.41) is 14.4. The van der Waals surface area contributed by atoms with E-state index in [2.05, 4.69) is 44.9 Å². The Morgan fingerprint density at radius 2 is 2.00 bits per heavy atom. The fraction of sp³-hybridized carbons (Fsp3) is 0.333. The molecule has 4 aromatic rings. The van der Waals surface area contributed by atoms with Crippen LogP contribution in [0.25, 0.3) is 33.4 Å². The molecule has 0 aliphatic carbocycles. The van der Waals surface area contributed by atoms with Gasteiger partial charge >= 0.3 is 0 Å². The number of nitrogens with two attached hydrogens (primary N) is 1. The monoisotopic (exact) mass is 391 g/mol. The van der Waals surface area contributed by atoms with E-state index in [0.29, 0.717) is 6.04 Å². The molecule has 29 heavy (non-hydrogen) atoms. The van der Waals surface area contributed by atoms with Gasteiger partial charge in [-0.3, -0.25) is 4.68 Å². The predicted octanol–water partition coefficient (Wildman–Crippen LogP) is 3.36. The number of nitrogens with zero attached hydrogens (tertiary/aromatic N) is 5. The Bertz CT molecular complexity index is 1130. The van der Waals surface area contributed by atoms with Crippen LogP contribution in [0.1, 0.15) is 38.4 Å². The van der Waals surface area contributed by atoms with E-state index in [1.165, 1.54) is 0 Å². The number of anilines is 1. The third kappa shape index (κ3) is 3.97. The molecule has 0 aliphatic rings. The Hall–Kier alpha value is -3.26. The average molecular weight is 391 g/mol. The molecular weight excluding hydrogens is 366 g/mol. The van der Waals surface area contributed by atoms with E-state index in [4.69, 9.17) is 10.8 Å². The van der Waals surface area contributed by atoms with Gasteiger partial charge < -0.3 is 15.8 Å². The number of rotatable bonds is 7. The second kappa shape index (κ2) is 8.00. The molecule has 0 saturated heterocycles. The molecule has 0 amide bonds. The molecule has 4 heterocycles. The van der Waals surface area contributed by atoms with Gasteiger partial charge in [0.2, 0.25) is 5.95 Å². The van der Waals surface area contributed by atoms with Gasteiger partial charge in [0.1, 0.15) is 5.65 Å². The predicted molar refractivity (Wildman–Crippen MR) is 113 cm³/mol. The van der Waals surface area contributed by atoms with Crippen LogP contribution in [0.15, 0.2) is 36.9 Å². The van der Waals surface area contributed by atoms with Crippen LogP contribution in [0.4, 0.5) is 5.95 Å². The Balaban J connectivity index is 1.72. The molecule has 8 heteroatoms. The molecule has 0 atom stereocenters. The van der Waals surface area contributed by atoms with Gasteiger partial charge in [0.25, 0.3) is 0 Å². The molecule has 4 aromatic heterocycles. The first-order chi connectivity index (χ1) is 14.0. The van der Waals surface area contributed by atoms with Crippen LogP contribution in [0.5, 0.6) is 0 Å². The molecule has 0 spiro atoms. The number of fused-ring (bicyclic) bond motifs is 1. The highest BCUT2D eigenvalue weighted by Crippen LogP contribution is 2.31. The van der Waals surface area contributed by atoms with Crippen molar-refractivity contribution in [1.29, 1.82) is 0 Å². The minimum Gasteiger partial charge on any atom is -0.396 e. The first-order valence-corrected chi connectivity index (χ1v) is 9.81. The summed E-state index contributed by atoms with van der Waals surface area (Å²) < 4.78 is 1.93. The number of aliphatic hydroxyl groups excluding tert-OH is 1. The normalized spacial score (nSPS) is 11.6. The van der Waals surface area contributed by atoms with E-state index in [1.807, 2.05) is 35.5 Å². The lowest BCUT2D eigenvalue weighted by Gasteiger charge is -2.06. The molecule has 150 valence electrons. The summed E-state index contributed by atoms with van der Waals surface area (Å²) in [4.78, 5) is 16.5. The molecule has 4 N–H and O–H groups in total. The van der Waals surface area contributed by atoms with Crippen molar-refractivity contribution < 1.29 is 5.11 Å². The highest BCUT2D eigenvalue weighted by molar-refractivity contribution is 5.95. The molecule has 4 rings (SSSR count). The lowest BCUT2D eigenvalue weighted by molar-refractivity contribution is 0.284. The molecule has 0 unspecified atom stereocenters. The number of hydrogen-bond donors (Lipinski definition) is 3. The summed E-state index contributed by atoms with van der Waals surface area (Å²) in [6, 6.07) is 4.36. The van der Waals surface area contributed by atoms with Crippen LogP contribution in [-0.4, -0.2) is 41.4 Å². The van der Waals surface area contributed by atoms with Gasteiger partial charge in [-0.1, -0.05) is 0 Å². The van der Waals surface area contributed by atoms with Gasteiger partial charge in [-0.15, -0.1) is 0 Å². The fourth-order valence-electron chi connectivity index (χ4n) is 3.34. The molecule has 0 radical (unpaired) electrons. The number of nitrogens with one attached hydrogen (secondary N) is 1. The third-order valence-corrected chi connectivity index (χ3v) is 4.91. The minimum atomic E-state index is 0.178.